The molecule has 2 N–H and O–H groups in total. The van der Waals surface area contributed by atoms with Crippen molar-refractivity contribution in [2.75, 3.05) is 11.6 Å². The van der Waals surface area contributed by atoms with Gasteiger partial charge in [0.2, 0.25) is 5.91 Å². The predicted octanol–water partition coefficient (Wildman–Crippen LogP) is 1.76. The van der Waals surface area contributed by atoms with E-state index in [1.165, 1.54) is 12.1 Å². The van der Waals surface area contributed by atoms with E-state index in [1.807, 2.05) is 0 Å². The van der Waals surface area contributed by atoms with Gasteiger partial charge in [-0.3, -0.25) is 10.1 Å². The van der Waals surface area contributed by atoms with Crippen LogP contribution in [0.5, 0.6) is 0 Å². The van der Waals surface area contributed by atoms with Crippen molar-refractivity contribution in [3.05, 3.63) is 34.6 Å². The van der Waals surface area contributed by atoms with E-state index in [1.54, 1.807) is 17.8 Å². The number of benzene rings is 1. The van der Waals surface area contributed by atoms with Gasteiger partial charge >= 0.3 is 0 Å². The molecule has 2 rings (SSSR count). The summed E-state index contributed by atoms with van der Waals surface area (Å²) in [6, 6.07) is 4.30. The summed E-state index contributed by atoms with van der Waals surface area (Å²) < 4.78 is 12.9. The first-order valence-corrected chi connectivity index (χ1v) is 6.73. The fourth-order valence-electron chi connectivity index (χ4n) is 1.53. The van der Waals surface area contributed by atoms with E-state index in [2.05, 4.69) is 10.6 Å². The van der Waals surface area contributed by atoms with Crippen molar-refractivity contribution >= 4 is 29.3 Å². The zero-order valence-corrected chi connectivity index (χ0v) is 10.6. The molecular weight excluding hydrogens is 263 g/mol. The summed E-state index contributed by atoms with van der Waals surface area (Å²) in [7, 11) is 0. The first kappa shape index (κ1) is 12.7. The van der Waals surface area contributed by atoms with E-state index in [-0.39, 0.29) is 17.0 Å². The van der Waals surface area contributed by atoms with E-state index in [0.717, 1.165) is 17.2 Å². The Hall–Kier alpha value is -0.780. The van der Waals surface area contributed by atoms with Crippen molar-refractivity contribution < 1.29 is 9.18 Å². The molecule has 1 amide bonds. The maximum atomic E-state index is 12.9. The van der Waals surface area contributed by atoms with E-state index < -0.39 is 5.82 Å². The summed E-state index contributed by atoms with van der Waals surface area (Å²) in [4.78, 5) is 11.7. The predicted molar refractivity (Wildman–Crippen MR) is 67.5 cm³/mol. The first-order chi connectivity index (χ1) is 8.16. The van der Waals surface area contributed by atoms with Crippen molar-refractivity contribution in [3.8, 4) is 0 Å². The van der Waals surface area contributed by atoms with Gasteiger partial charge in [-0.2, -0.15) is 0 Å². The molecule has 6 heteroatoms. The maximum absolute atomic E-state index is 12.9. The van der Waals surface area contributed by atoms with Crippen LogP contribution in [0.1, 0.15) is 5.56 Å². The lowest BCUT2D eigenvalue weighted by Crippen LogP contribution is -2.41. The highest BCUT2D eigenvalue weighted by Crippen LogP contribution is 2.16. The zero-order valence-electron chi connectivity index (χ0n) is 9.00. The minimum Gasteiger partial charge on any atom is -0.351 e. The average Bonchev–Trinajstić information content (AvgIpc) is 2.84. The average molecular weight is 275 g/mol. The van der Waals surface area contributed by atoms with E-state index in [0.29, 0.717) is 6.54 Å². The number of nitrogens with one attached hydrogen (secondary N) is 2. The van der Waals surface area contributed by atoms with Crippen molar-refractivity contribution in [2.24, 2.45) is 0 Å². The summed E-state index contributed by atoms with van der Waals surface area (Å²) in [5.74, 6) is 1.11. The third-order valence-electron chi connectivity index (χ3n) is 2.48. The minimum atomic E-state index is -0.449. The summed E-state index contributed by atoms with van der Waals surface area (Å²) in [6.45, 7) is 0.363. The van der Waals surface area contributed by atoms with Crippen LogP contribution in [-0.4, -0.2) is 23.6 Å². The molecule has 0 radical (unpaired) electrons. The van der Waals surface area contributed by atoms with Crippen LogP contribution in [0, 0.1) is 5.82 Å². The second-order valence-electron chi connectivity index (χ2n) is 3.74. The fraction of sp³-hybridized carbons (Fsp3) is 0.364. The zero-order chi connectivity index (χ0) is 12.3. The van der Waals surface area contributed by atoms with E-state index in [9.17, 15) is 9.18 Å². The summed E-state index contributed by atoms with van der Waals surface area (Å²) in [5, 5.41) is 5.94. The Morgan fingerprint density at radius 3 is 3.12 bits per heavy atom. The monoisotopic (exact) mass is 274 g/mol. The third-order valence-corrected chi connectivity index (χ3v) is 3.71. The molecule has 0 bridgehead atoms. The Balaban J connectivity index is 1.88. The lowest BCUT2D eigenvalue weighted by molar-refractivity contribution is -0.122. The molecule has 0 spiro atoms. The number of amides is 1. The number of hydrogen-bond donors (Lipinski definition) is 2. The Labute approximate surface area is 108 Å². The van der Waals surface area contributed by atoms with Crippen LogP contribution in [0.2, 0.25) is 5.02 Å². The first-order valence-electron chi connectivity index (χ1n) is 5.19. The lowest BCUT2D eigenvalue weighted by atomic mass is 10.2. The Kier molecular flexibility index (Phi) is 4.25. The highest BCUT2D eigenvalue weighted by Gasteiger charge is 2.21. The van der Waals surface area contributed by atoms with Crippen LogP contribution in [0.3, 0.4) is 0 Å². The van der Waals surface area contributed by atoms with Gasteiger partial charge < -0.3 is 5.32 Å². The van der Waals surface area contributed by atoms with Crippen LogP contribution in [-0.2, 0) is 11.3 Å². The molecule has 0 saturated carbocycles. The smallest absolute Gasteiger partial charge is 0.238 e. The molecule has 1 heterocycles. The largest absolute Gasteiger partial charge is 0.351 e. The van der Waals surface area contributed by atoms with Crippen LogP contribution in [0.15, 0.2) is 18.2 Å². The quantitative estimate of drug-likeness (QED) is 0.882. The van der Waals surface area contributed by atoms with Crippen molar-refractivity contribution in [2.45, 2.75) is 12.6 Å². The van der Waals surface area contributed by atoms with Gasteiger partial charge in [-0.25, -0.2) is 4.39 Å². The highest BCUT2D eigenvalue weighted by molar-refractivity contribution is 7.99. The Bertz CT molecular complexity index is 424. The third kappa shape index (κ3) is 3.34. The molecule has 1 saturated heterocycles. The SMILES string of the molecule is O=C(NCc1ccc(F)c(Cl)c1)C1CSCN1. The summed E-state index contributed by atoms with van der Waals surface area (Å²) in [5.41, 5.74) is 0.787. The van der Waals surface area contributed by atoms with Gasteiger partial charge in [0.1, 0.15) is 5.82 Å². The standard InChI is InChI=1S/C11H12ClFN2OS/c12-8-3-7(1-2-9(8)13)4-14-11(16)10-5-17-6-15-10/h1-3,10,15H,4-6H2,(H,14,16). The number of rotatable bonds is 3. The van der Waals surface area contributed by atoms with Gasteiger partial charge in [0.25, 0.3) is 0 Å². The molecule has 0 aromatic heterocycles. The van der Waals surface area contributed by atoms with E-state index >= 15 is 0 Å². The number of carbonyl (C=O) groups excluding carboxylic acids is 1. The van der Waals surface area contributed by atoms with Crippen molar-refractivity contribution in [3.63, 3.8) is 0 Å². The number of hydrogen-bond acceptors (Lipinski definition) is 3. The van der Waals surface area contributed by atoms with Crippen LogP contribution < -0.4 is 10.6 Å². The van der Waals surface area contributed by atoms with Gasteiger partial charge in [0.15, 0.2) is 0 Å². The Morgan fingerprint density at radius 1 is 1.65 bits per heavy atom. The normalized spacial score (nSPS) is 19.3. The van der Waals surface area contributed by atoms with Gasteiger partial charge in [0.05, 0.1) is 11.1 Å². The van der Waals surface area contributed by atoms with Crippen molar-refractivity contribution in [1.82, 2.24) is 10.6 Å². The van der Waals surface area contributed by atoms with Crippen LogP contribution >= 0.6 is 23.4 Å². The van der Waals surface area contributed by atoms with Gasteiger partial charge in [-0.15, -0.1) is 11.8 Å². The molecule has 1 aromatic rings. The van der Waals surface area contributed by atoms with Crippen LogP contribution in [0.4, 0.5) is 4.39 Å². The molecule has 0 aliphatic carbocycles. The summed E-state index contributed by atoms with van der Waals surface area (Å²) in [6.07, 6.45) is 0. The molecule has 1 aliphatic rings. The molecular formula is C11H12ClFN2OS. The lowest BCUT2D eigenvalue weighted by Gasteiger charge is -2.10. The van der Waals surface area contributed by atoms with E-state index in [4.69, 9.17) is 11.6 Å². The molecule has 3 nitrogen and oxygen atoms in total. The molecule has 1 aliphatic heterocycles. The molecule has 92 valence electrons. The van der Waals surface area contributed by atoms with Crippen molar-refractivity contribution in [1.29, 1.82) is 0 Å². The fourth-order valence-corrected chi connectivity index (χ4v) is 2.67. The molecule has 17 heavy (non-hydrogen) atoms. The van der Waals surface area contributed by atoms with Crippen LogP contribution in [0.25, 0.3) is 0 Å². The number of halogens is 2. The summed E-state index contributed by atoms with van der Waals surface area (Å²) >= 11 is 7.35. The number of carbonyl (C=O) groups is 1. The second kappa shape index (κ2) is 5.71. The molecule has 1 atom stereocenters. The van der Waals surface area contributed by atoms with Gasteiger partial charge in [-0.05, 0) is 17.7 Å². The topological polar surface area (TPSA) is 41.1 Å². The Morgan fingerprint density at radius 2 is 2.47 bits per heavy atom. The van der Waals surface area contributed by atoms with Gasteiger partial charge in [0, 0.05) is 18.2 Å². The molecule has 1 fully saturated rings. The molecule has 1 aromatic carbocycles. The van der Waals surface area contributed by atoms with Gasteiger partial charge in [-0.1, -0.05) is 17.7 Å². The molecule has 1 unspecified atom stereocenters. The maximum Gasteiger partial charge on any atom is 0.238 e. The highest BCUT2D eigenvalue weighted by atomic mass is 35.5. The second-order valence-corrected chi connectivity index (χ2v) is 5.18. The number of thioether (sulfide) groups is 1. The minimum absolute atomic E-state index is 0.0320.